The van der Waals surface area contributed by atoms with Crippen LogP contribution in [-0.2, 0) is 0 Å². The molecule has 3 aromatic rings. The molecule has 0 radical (unpaired) electrons. The second kappa shape index (κ2) is 5.81. The lowest BCUT2D eigenvalue weighted by Gasteiger charge is -2.10. The van der Waals surface area contributed by atoms with Gasteiger partial charge in [0.05, 0.1) is 11.9 Å². The van der Waals surface area contributed by atoms with Gasteiger partial charge in [-0.25, -0.2) is 4.98 Å². The molecule has 2 aromatic heterocycles. The van der Waals surface area contributed by atoms with Crippen LogP contribution in [0.1, 0.15) is 10.5 Å². The van der Waals surface area contributed by atoms with Crippen LogP contribution in [0.4, 0.5) is 0 Å². The molecule has 1 aromatic carbocycles. The minimum Gasteiger partial charge on any atom is -0.343 e. The van der Waals surface area contributed by atoms with E-state index in [9.17, 15) is 4.79 Å². The van der Waals surface area contributed by atoms with Crippen molar-refractivity contribution in [1.29, 1.82) is 0 Å². The van der Waals surface area contributed by atoms with Gasteiger partial charge in [-0.3, -0.25) is 9.89 Å². The Morgan fingerprint density at radius 1 is 1.00 bits per heavy atom. The number of hydrogen-bond acceptors (Lipinski definition) is 3. The van der Waals surface area contributed by atoms with Gasteiger partial charge in [0.2, 0.25) is 0 Å². The van der Waals surface area contributed by atoms with Gasteiger partial charge in [0.1, 0.15) is 5.69 Å². The van der Waals surface area contributed by atoms with Crippen molar-refractivity contribution in [3.05, 3.63) is 60.6 Å². The summed E-state index contributed by atoms with van der Waals surface area (Å²) in [6.45, 7) is 0. The molecule has 0 fully saturated rings. The molecule has 0 unspecified atom stereocenters. The number of aromatic amines is 1. The summed E-state index contributed by atoms with van der Waals surface area (Å²) in [5.74, 6) is -0.100. The Morgan fingerprint density at radius 2 is 1.73 bits per heavy atom. The molecule has 1 amide bonds. The van der Waals surface area contributed by atoms with E-state index in [0.717, 1.165) is 22.4 Å². The summed E-state index contributed by atoms with van der Waals surface area (Å²) in [5, 5.41) is 6.75. The van der Waals surface area contributed by atoms with Crippen molar-refractivity contribution in [2.24, 2.45) is 0 Å². The van der Waals surface area contributed by atoms with Crippen LogP contribution in [0.5, 0.6) is 0 Å². The number of amides is 1. The minimum atomic E-state index is -0.100. The number of nitrogens with zero attached hydrogens (tertiary/aromatic N) is 3. The first-order valence-electron chi connectivity index (χ1n) is 6.93. The third-order valence-electron chi connectivity index (χ3n) is 3.39. The fraction of sp³-hybridized carbons (Fsp3) is 0.118. The van der Waals surface area contributed by atoms with Crippen LogP contribution >= 0.6 is 0 Å². The second-order valence-corrected chi connectivity index (χ2v) is 5.17. The number of carbonyl (C=O) groups is 1. The van der Waals surface area contributed by atoms with Crippen molar-refractivity contribution >= 4 is 5.91 Å². The van der Waals surface area contributed by atoms with Crippen LogP contribution in [-0.4, -0.2) is 40.1 Å². The lowest BCUT2D eigenvalue weighted by Crippen LogP contribution is -2.22. The molecule has 0 aliphatic carbocycles. The average molecular weight is 292 g/mol. The molecule has 1 N–H and O–H groups in total. The highest BCUT2D eigenvalue weighted by molar-refractivity contribution is 5.92. The molecule has 110 valence electrons. The van der Waals surface area contributed by atoms with Crippen LogP contribution < -0.4 is 0 Å². The predicted octanol–water partition coefficient (Wildman–Crippen LogP) is 2.84. The van der Waals surface area contributed by atoms with Crippen molar-refractivity contribution in [3.8, 4) is 22.4 Å². The van der Waals surface area contributed by atoms with Gasteiger partial charge in [-0.05, 0) is 17.7 Å². The quantitative estimate of drug-likeness (QED) is 0.807. The number of H-pyrrole nitrogens is 1. The van der Waals surface area contributed by atoms with Gasteiger partial charge in [-0.1, -0.05) is 30.3 Å². The molecule has 0 bridgehead atoms. The van der Waals surface area contributed by atoms with E-state index in [1.54, 1.807) is 26.4 Å². The molecular weight excluding hydrogens is 276 g/mol. The van der Waals surface area contributed by atoms with Crippen molar-refractivity contribution in [2.45, 2.75) is 0 Å². The number of benzene rings is 1. The highest BCUT2D eigenvalue weighted by atomic mass is 16.2. The molecule has 22 heavy (non-hydrogen) atoms. The molecule has 0 atom stereocenters. The molecule has 3 rings (SSSR count). The Morgan fingerprint density at radius 3 is 2.36 bits per heavy atom. The Kier molecular flexibility index (Phi) is 3.70. The van der Waals surface area contributed by atoms with Gasteiger partial charge in [0.15, 0.2) is 0 Å². The minimum absolute atomic E-state index is 0.100. The van der Waals surface area contributed by atoms with Crippen LogP contribution in [0, 0.1) is 0 Å². The summed E-state index contributed by atoms with van der Waals surface area (Å²) in [6, 6.07) is 13.5. The molecule has 0 saturated carbocycles. The van der Waals surface area contributed by atoms with Crippen molar-refractivity contribution in [2.75, 3.05) is 14.1 Å². The third-order valence-corrected chi connectivity index (χ3v) is 3.39. The van der Waals surface area contributed by atoms with Crippen molar-refractivity contribution in [3.63, 3.8) is 0 Å². The van der Waals surface area contributed by atoms with E-state index in [1.165, 1.54) is 4.90 Å². The smallest absolute Gasteiger partial charge is 0.271 e. The zero-order valence-corrected chi connectivity index (χ0v) is 12.4. The van der Waals surface area contributed by atoms with Crippen LogP contribution in [0.25, 0.3) is 22.4 Å². The summed E-state index contributed by atoms with van der Waals surface area (Å²) < 4.78 is 0. The third kappa shape index (κ3) is 2.74. The number of carbonyl (C=O) groups excluding carboxylic acids is 1. The van der Waals surface area contributed by atoms with Gasteiger partial charge < -0.3 is 4.90 Å². The van der Waals surface area contributed by atoms with Crippen molar-refractivity contribution < 1.29 is 4.79 Å². The maximum Gasteiger partial charge on any atom is 0.271 e. The topological polar surface area (TPSA) is 61.9 Å². The molecule has 5 nitrogen and oxygen atoms in total. The van der Waals surface area contributed by atoms with E-state index in [0.29, 0.717) is 5.69 Å². The number of aromatic nitrogens is 3. The number of nitrogens with one attached hydrogen (secondary N) is 1. The van der Waals surface area contributed by atoms with Crippen LogP contribution in [0.15, 0.2) is 54.9 Å². The Balaban J connectivity index is 1.91. The van der Waals surface area contributed by atoms with Crippen LogP contribution in [0.2, 0.25) is 0 Å². The monoisotopic (exact) mass is 292 g/mol. The average Bonchev–Trinajstić information content (AvgIpc) is 3.09. The Hall–Kier alpha value is -2.95. The van der Waals surface area contributed by atoms with Crippen molar-refractivity contribution in [1.82, 2.24) is 20.1 Å². The van der Waals surface area contributed by atoms with E-state index in [4.69, 9.17) is 0 Å². The molecular formula is C17H16N4O. The van der Waals surface area contributed by atoms with E-state index in [2.05, 4.69) is 15.2 Å². The zero-order valence-electron chi connectivity index (χ0n) is 12.4. The second-order valence-electron chi connectivity index (χ2n) is 5.17. The first-order valence-corrected chi connectivity index (χ1v) is 6.93. The highest BCUT2D eigenvalue weighted by Crippen LogP contribution is 2.23. The number of rotatable bonds is 3. The van der Waals surface area contributed by atoms with Gasteiger partial charge in [-0.2, -0.15) is 5.10 Å². The summed E-state index contributed by atoms with van der Waals surface area (Å²) in [6.07, 6.45) is 3.63. The summed E-state index contributed by atoms with van der Waals surface area (Å²) >= 11 is 0. The Bertz CT molecular complexity index is 777. The molecule has 5 heteroatoms. The van der Waals surface area contributed by atoms with E-state index in [-0.39, 0.29) is 5.91 Å². The van der Waals surface area contributed by atoms with Gasteiger partial charge >= 0.3 is 0 Å². The fourth-order valence-electron chi connectivity index (χ4n) is 2.19. The SMILES string of the molecule is CN(C)C(=O)c1cccc(-c2ccc(-c3cn[nH]c3)cc2)n1. The molecule has 2 heterocycles. The normalized spacial score (nSPS) is 10.5. The first kappa shape index (κ1) is 14.0. The van der Waals surface area contributed by atoms with Gasteiger partial charge in [-0.15, -0.1) is 0 Å². The number of pyridine rings is 1. The van der Waals surface area contributed by atoms with E-state index in [1.807, 2.05) is 42.6 Å². The summed E-state index contributed by atoms with van der Waals surface area (Å²) in [7, 11) is 3.44. The summed E-state index contributed by atoms with van der Waals surface area (Å²) in [5.41, 5.74) is 4.32. The van der Waals surface area contributed by atoms with Crippen LogP contribution in [0.3, 0.4) is 0 Å². The Labute approximate surface area is 128 Å². The summed E-state index contributed by atoms with van der Waals surface area (Å²) in [4.78, 5) is 18.0. The lowest BCUT2D eigenvalue weighted by atomic mass is 10.0. The fourth-order valence-corrected chi connectivity index (χ4v) is 2.19. The molecule has 0 spiro atoms. The molecule has 0 saturated heterocycles. The molecule has 0 aliphatic heterocycles. The number of hydrogen-bond donors (Lipinski definition) is 1. The predicted molar refractivity (Wildman–Crippen MR) is 85.3 cm³/mol. The highest BCUT2D eigenvalue weighted by Gasteiger charge is 2.10. The maximum absolute atomic E-state index is 12.0. The maximum atomic E-state index is 12.0. The first-order chi connectivity index (χ1) is 10.6. The van der Waals surface area contributed by atoms with Gasteiger partial charge in [0, 0.05) is 31.4 Å². The lowest BCUT2D eigenvalue weighted by molar-refractivity contribution is 0.0822. The standard InChI is InChI=1S/C17H16N4O/c1-21(2)17(22)16-5-3-4-15(20-16)13-8-6-12(7-9-13)14-10-18-19-11-14/h3-11H,1-2H3,(H,18,19). The zero-order chi connectivity index (χ0) is 15.5. The van der Waals surface area contributed by atoms with E-state index < -0.39 is 0 Å². The van der Waals surface area contributed by atoms with E-state index >= 15 is 0 Å². The molecule has 0 aliphatic rings. The largest absolute Gasteiger partial charge is 0.343 e. The van der Waals surface area contributed by atoms with Gasteiger partial charge in [0.25, 0.3) is 5.91 Å².